The fourth-order valence-electron chi connectivity index (χ4n) is 1.32. The Morgan fingerprint density at radius 2 is 1.21 bits per heavy atom. The van der Waals surface area contributed by atoms with Crippen molar-refractivity contribution < 1.29 is 20.3 Å². The number of fused-ring (bicyclic) bond motifs is 1. The van der Waals surface area contributed by atoms with E-state index in [9.17, 15) is 0 Å². The molecule has 4 nitrogen and oxygen atoms in total. The molecule has 0 radical (unpaired) electrons. The van der Waals surface area contributed by atoms with E-state index in [2.05, 4.69) is 9.78 Å². The summed E-state index contributed by atoms with van der Waals surface area (Å²) in [5.74, 6) is 0.681. The van der Waals surface area contributed by atoms with Gasteiger partial charge < -0.3 is 9.78 Å². The number of benzene rings is 2. The molecule has 0 aliphatic heterocycles. The van der Waals surface area contributed by atoms with Crippen LogP contribution >= 0.6 is 0 Å². The Morgan fingerprint density at radius 1 is 0.714 bits per heavy atom. The van der Waals surface area contributed by atoms with Crippen molar-refractivity contribution in [3.8, 4) is 11.5 Å². The lowest BCUT2D eigenvalue weighted by atomic mass is 10.1. The van der Waals surface area contributed by atoms with Crippen molar-refractivity contribution in [1.82, 2.24) is 0 Å². The van der Waals surface area contributed by atoms with Crippen LogP contribution in [0.5, 0.6) is 11.5 Å². The van der Waals surface area contributed by atoms with Gasteiger partial charge >= 0.3 is 0 Å². The van der Waals surface area contributed by atoms with E-state index in [0.29, 0.717) is 11.5 Å². The Kier molecular flexibility index (Phi) is 2.22. The lowest BCUT2D eigenvalue weighted by Crippen LogP contribution is -1.85. The average molecular weight is 192 g/mol. The third-order valence-corrected chi connectivity index (χ3v) is 1.99. The van der Waals surface area contributed by atoms with E-state index in [0.717, 1.165) is 10.8 Å². The molecule has 2 N–H and O–H groups in total. The highest BCUT2D eigenvalue weighted by atomic mass is 17.1. The molecule has 0 saturated heterocycles. The summed E-state index contributed by atoms with van der Waals surface area (Å²) in [6, 6.07) is 10.1. The molecule has 0 bridgehead atoms. The molecular weight excluding hydrogens is 184 g/mol. The zero-order valence-corrected chi connectivity index (χ0v) is 7.18. The molecular formula is C10H8O4. The van der Waals surface area contributed by atoms with E-state index in [-0.39, 0.29) is 0 Å². The van der Waals surface area contributed by atoms with Gasteiger partial charge in [0, 0.05) is 0 Å². The molecule has 0 unspecified atom stereocenters. The van der Waals surface area contributed by atoms with Gasteiger partial charge in [0.15, 0.2) is 11.5 Å². The van der Waals surface area contributed by atoms with Crippen molar-refractivity contribution in [3.63, 3.8) is 0 Å². The lowest BCUT2D eigenvalue weighted by molar-refractivity contribution is -0.137. The Bertz CT molecular complexity index is 414. The van der Waals surface area contributed by atoms with Crippen LogP contribution in [-0.2, 0) is 0 Å². The van der Waals surface area contributed by atoms with Crippen molar-refractivity contribution in [2.24, 2.45) is 0 Å². The zero-order valence-electron chi connectivity index (χ0n) is 7.18. The molecule has 0 spiro atoms. The molecule has 0 aromatic heterocycles. The summed E-state index contributed by atoms with van der Waals surface area (Å²) < 4.78 is 0. The molecule has 0 aliphatic rings. The van der Waals surface area contributed by atoms with Crippen LogP contribution in [0.2, 0.25) is 0 Å². The minimum atomic E-state index is 0.340. The third kappa shape index (κ3) is 1.48. The molecule has 2 rings (SSSR count). The minimum Gasteiger partial charge on any atom is -0.340 e. The lowest BCUT2D eigenvalue weighted by Gasteiger charge is -2.02. The maximum atomic E-state index is 8.44. The predicted molar refractivity (Wildman–Crippen MR) is 50.5 cm³/mol. The summed E-state index contributed by atoms with van der Waals surface area (Å²) in [5.41, 5.74) is 0. The summed E-state index contributed by atoms with van der Waals surface area (Å²) in [6.07, 6.45) is 0. The number of hydrogen-bond donors (Lipinski definition) is 2. The van der Waals surface area contributed by atoms with Crippen LogP contribution in [0.15, 0.2) is 36.4 Å². The van der Waals surface area contributed by atoms with E-state index >= 15 is 0 Å². The first-order valence-corrected chi connectivity index (χ1v) is 4.00. The molecule has 0 amide bonds. The van der Waals surface area contributed by atoms with Crippen molar-refractivity contribution in [3.05, 3.63) is 36.4 Å². The molecule has 2 aromatic carbocycles. The topological polar surface area (TPSA) is 58.9 Å². The quantitative estimate of drug-likeness (QED) is 0.567. The summed E-state index contributed by atoms with van der Waals surface area (Å²) in [6.45, 7) is 0. The van der Waals surface area contributed by atoms with Crippen LogP contribution in [0.3, 0.4) is 0 Å². The molecule has 0 fully saturated rings. The first-order valence-electron chi connectivity index (χ1n) is 4.00. The second-order valence-electron chi connectivity index (χ2n) is 2.85. The van der Waals surface area contributed by atoms with Crippen molar-refractivity contribution in [2.75, 3.05) is 0 Å². The Balaban J connectivity index is 2.60. The average Bonchev–Trinajstić information content (AvgIpc) is 2.27. The summed E-state index contributed by atoms with van der Waals surface area (Å²) in [5, 5.41) is 18.7. The minimum absolute atomic E-state index is 0.340. The van der Waals surface area contributed by atoms with Crippen LogP contribution in [-0.4, -0.2) is 10.5 Å². The molecule has 72 valence electrons. The highest BCUT2D eigenvalue weighted by Gasteiger charge is 1.99. The molecule has 0 atom stereocenters. The zero-order chi connectivity index (χ0) is 9.97. The smallest absolute Gasteiger partial charge is 0.165 e. The van der Waals surface area contributed by atoms with Crippen LogP contribution in [0.25, 0.3) is 10.8 Å². The number of rotatable bonds is 2. The van der Waals surface area contributed by atoms with E-state index in [1.807, 2.05) is 0 Å². The fourth-order valence-corrected chi connectivity index (χ4v) is 1.32. The van der Waals surface area contributed by atoms with E-state index in [1.165, 1.54) is 0 Å². The van der Waals surface area contributed by atoms with Crippen LogP contribution < -0.4 is 9.78 Å². The highest BCUT2D eigenvalue weighted by molar-refractivity contribution is 5.85. The van der Waals surface area contributed by atoms with Gasteiger partial charge in [0.25, 0.3) is 0 Å². The Morgan fingerprint density at radius 3 is 1.64 bits per heavy atom. The summed E-state index contributed by atoms with van der Waals surface area (Å²) in [4.78, 5) is 8.18. The molecule has 14 heavy (non-hydrogen) atoms. The third-order valence-electron chi connectivity index (χ3n) is 1.99. The second kappa shape index (κ2) is 3.53. The molecule has 4 heteroatoms. The Labute approximate surface area is 79.8 Å². The van der Waals surface area contributed by atoms with Gasteiger partial charge in [-0.25, -0.2) is 10.5 Å². The SMILES string of the molecule is OOc1ccc2ccc(OO)cc2c1. The molecule has 0 aliphatic carbocycles. The summed E-state index contributed by atoms with van der Waals surface area (Å²) >= 11 is 0. The van der Waals surface area contributed by atoms with Crippen LogP contribution in [0, 0.1) is 0 Å². The van der Waals surface area contributed by atoms with E-state index in [1.54, 1.807) is 36.4 Å². The van der Waals surface area contributed by atoms with Gasteiger partial charge in [-0.15, -0.1) is 0 Å². The van der Waals surface area contributed by atoms with E-state index < -0.39 is 0 Å². The predicted octanol–water partition coefficient (Wildman–Crippen LogP) is 2.54. The number of hydrogen-bond acceptors (Lipinski definition) is 4. The molecule has 2 aromatic rings. The van der Waals surface area contributed by atoms with Gasteiger partial charge in [-0.3, -0.25) is 0 Å². The Hall–Kier alpha value is -1.78. The normalized spacial score (nSPS) is 10.1. The van der Waals surface area contributed by atoms with Crippen molar-refractivity contribution >= 4 is 10.8 Å². The van der Waals surface area contributed by atoms with Crippen molar-refractivity contribution in [2.45, 2.75) is 0 Å². The maximum Gasteiger partial charge on any atom is 0.165 e. The molecule has 0 heterocycles. The van der Waals surface area contributed by atoms with Gasteiger partial charge in [0.2, 0.25) is 0 Å². The van der Waals surface area contributed by atoms with Crippen LogP contribution in [0.1, 0.15) is 0 Å². The maximum absolute atomic E-state index is 8.44. The van der Waals surface area contributed by atoms with Gasteiger partial charge in [-0.2, -0.15) is 0 Å². The summed E-state index contributed by atoms with van der Waals surface area (Å²) in [7, 11) is 0. The van der Waals surface area contributed by atoms with Crippen molar-refractivity contribution in [1.29, 1.82) is 0 Å². The van der Waals surface area contributed by atoms with Gasteiger partial charge in [0.05, 0.1) is 0 Å². The second-order valence-corrected chi connectivity index (χ2v) is 2.85. The molecule has 0 saturated carbocycles. The standard InChI is InChI=1S/C10H8O4/c11-13-9-3-1-7-2-4-10(14-12)6-8(7)5-9/h1-6,11-12H. The first kappa shape index (κ1) is 8.80. The van der Waals surface area contributed by atoms with Gasteiger partial charge in [-0.05, 0) is 35.0 Å². The highest BCUT2D eigenvalue weighted by Crippen LogP contribution is 2.24. The van der Waals surface area contributed by atoms with E-state index in [4.69, 9.17) is 10.5 Å². The fraction of sp³-hybridized carbons (Fsp3) is 0. The first-order chi connectivity index (χ1) is 6.83. The monoisotopic (exact) mass is 192 g/mol. The van der Waals surface area contributed by atoms with Gasteiger partial charge in [0.1, 0.15) is 0 Å². The largest absolute Gasteiger partial charge is 0.340 e. The van der Waals surface area contributed by atoms with Gasteiger partial charge in [-0.1, -0.05) is 12.1 Å². The van der Waals surface area contributed by atoms with Crippen LogP contribution in [0.4, 0.5) is 0 Å².